The molecule has 0 aliphatic rings. The van der Waals surface area contributed by atoms with E-state index in [1.807, 2.05) is 31.4 Å². The van der Waals surface area contributed by atoms with Crippen LogP contribution in [-0.4, -0.2) is 24.1 Å². The second-order valence-electron chi connectivity index (χ2n) is 4.43. The van der Waals surface area contributed by atoms with Gasteiger partial charge in [-0.15, -0.1) is 11.3 Å². The summed E-state index contributed by atoms with van der Waals surface area (Å²) in [6.45, 7) is 3.82. The Morgan fingerprint density at radius 2 is 2.21 bits per heavy atom. The van der Waals surface area contributed by atoms with Crippen LogP contribution >= 0.6 is 11.3 Å². The quantitative estimate of drug-likeness (QED) is 0.880. The van der Waals surface area contributed by atoms with E-state index in [1.165, 1.54) is 10.6 Å². The molecule has 19 heavy (non-hydrogen) atoms. The van der Waals surface area contributed by atoms with E-state index in [2.05, 4.69) is 29.2 Å². The second-order valence-corrected chi connectivity index (χ2v) is 5.49. The number of pyridine rings is 1. The number of nitrogens with zero attached hydrogens (tertiary/aromatic N) is 3. The first-order chi connectivity index (χ1) is 9.24. The molecule has 0 saturated heterocycles. The number of thiazole rings is 1. The summed E-state index contributed by atoms with van der Waals surface area (Å²) in [7, 11) is 4.03. The molecule has 0 atom stereocenters. The number of rotatable bonds is 6. The van der Waals surface area contributed by atoms with E-state index in [9.17, 15) is 0 Å². The first-order valence-corrected chi connectivity index (χ1v) is 7.30. The van der Waals surface area contributed by atoms with E-state index < -0.39 is 0 Å². The fourth-order valence-corrected chi connectivity index (χ4v) is 3.03. The van der Waals surface area contributed by atoms with Gasteiger partial charge in [0, 0.05) is 24.7 Å². The predicted octanol–water partition coefficient (Wildman–Crippen LogP) is 2.46. The van der Waals surface area contributed by atoms with E-state index in [0.29, 0.717) is 0 Å². The standard InChI is InChI=1S/C14H20N4S/c1-4-12-13(9-15-2)19-14(17-12)18(3)10-11-7-5-6-8-16-11/h5-8,15H,4,9-10H2,1-3H3. The Kier molecular flexibility index (Phi) is 4.87. The zero-order valence-electron chi connectivity index (χ0n) is 11.7. The molecule has 0 aliphatic carbocycles. The maximum atomic E-state index is 4.72. The van der Waals surface area contributed by atoms with Crippen molar-refractivity contribution in [2.75, 3.05) is 19.0 Å². The van der Waals surface area contributed by atoms with Crippen molar-refractivity contribution in [2.45, 2.75) is 26.4 Å². The Labute approximate surface area is 118 Å². The highest BCUT2D eigenvalue weighted by atomic mass is 32.1. The van der Waals surface area contributed by atoms with Crippen LogP contribution in [0.25, 0.3) is 0 Å². The van der Waals surface area contributed by atoms with Crippen molar-refractivity contribution < 1.29 is 0 Å². The topological polar surface area (TPSA) is 41.1 Å². The van der Waals surface area contributed by atoms with Crippen LogP contribution in [0.5, 0.6) is 0 Å². The Morgan fingerprint density at radius 3 is 2.84 bits per heavy atom. The van der Waals surface area contributed by atoms with Crippen LogP contribution in [0.1, 0.15) is 23.2 Å². The van der Waals surface area contributed by atoms with Gasteiger partial charge in [0.2, 0.25) is 0 Å². The van der Waals surface area contributed by atoms with Crippen LogP contribution in [0.15, 0.2) is 24.4 Å². The van der Waals surface area contributed by atoms with Gasteiger partial charge in [-0.05, 0) is 25.6 Å². The van der Waals surface area contributed by atoms with Crippen molar-refractivity contribution in [3.05, 3.63) is 40.7 Å². The molecule has 0 fully saturated rings. The molecule has 2 rings (SSSR count). The van der Waals surface area contributed by atoms with E-state index >= 15 is 0 Å². The Balaban J connectivity index is 2.12. The molecular formula is C14H20N4S. The highest BCUT2D eigenvalue weighted by Crippen LogP contribution is 2.26. The third-order valence-corrected chi connectivity index (χ3v) is 4.10. The molecule has 2 aromatic rings. The monoisotopic (exact) mass is 276 g/mol. The molecule has 0 saturated carbocycles. The molecule has 4 nitrogen and oxygen atoms in total. The lowest BCUT2D eigenvalue weighted by Crippen LogP contribution is -2.16. The summed E-state index contributed by atoms with van der Waals surface area (Å²) in [6.07, 6.45) is 2.81. The molecule has 0 aliphatic heterocycles. The largest absolute Gasteiger partial charge is 0.345 e. The summed E-state index contributed by atoms with van der Waals surface area (Å²) in [5.74, 6) is 0. The normalized spacial score (nSPS) is 10.7. The van der Waals surface area contributed by atoms with Crippen molar-refractivity contribution in [3.63, 3.8) is 0 Å². The minimum atomic E-state index is 0.788. The zero-order chi connectivity index (χ0) is 13.7. The van der Waals surface area contributed by atoms with E-state index in [1.54, 1.807) is 11.3 Å². The molecule has 0 bridgehead atoms. The average molecular weight is 276 g/mol. The number of aromatic nitrogens is 2. The minimum Gasteiger partial charge on any atom is -0.345 e. The van der Waals surface area contributed by atoms with Gasteiger partial charge in [0.05, 0.1) is 17.9 Å². The number of hydrogen-bond acceptors (Lipinski definition) is 5. The molecule has 0 unspecified atom stereocenters. The molecule has 2 aromatic heterocycles. The van der Waals surface area contributed by atoms with Crippen LogP contribution in [-0.2, 0) is 19.5 Å². The third-order valence-electron chi connectivity index (χ3n) is 2.89. The van der Waals surface area contributed by atoms with Crippen LogP contribution in [0.4, 0.5) is 5.13 Å². The van der Waals surface area contributed by atoms with E-state index in [0.717, 1.165) is 30.3 Å². The molecule has 2 heterocycles. The van der Waals surface area contributed by atoms with Crippen LogP contribution in [0.2, 0.25) is 0 Å². The van der Waals surface area contributed by atoms with Gasteiger partial charge in [0.25, 0.3) is 0 Å². The molecule has 102 valence electrons. The molecule has 0 amide bonds. The third kappa shape index (κ3) is 3.52. The lowest BCUT2D eigenvalue weighted by molar-refractivity contribution is 0.813. The summed E-state index contributed by atoms with van der Waals surface area (Å²) in [5.41, 5.74) is 2.26. The van der Waals surface area contributed by atoms with Gasteiger partial charge in [-0.25, -0.2) is 4.98 Å². The van der Waals surface area contributed by atoms with Crippen LogP contribution in [0, 0.1) is 0 Å². The zero-order valence-corrected chi connectivity index (χ0v) is 12.5. The van der Waals surface area contributed by atoms with Crippen LogP contribution < -0.4 is 10.2 Å². The van der Waals surface area contributed by atoms with Gasteiger partial charge >= 0.3 is 0 Å². The number of aryl methyl sites for hydroxylation is 1. The Morgan fingerprint density at radius 1 is 1.37 bits per heavy atom. The van der Waals surface area contributed by atoms with Crippen molar-refractivity contribution in [1.82, 2.24) is 15.3 Å². The smallest absolute Gasteiger partial charge is 0.185 e. The summed E-state index contributed by atoms with van der Waals surface area (Å²) in [5, 5.41) is 4.26. The summed E-state index contributed by atoms with van der Waals surface area (Å²) in [4.78, 5) is 12.6. The van der Waals surface area contributed by atoms with Crippen molar-refractivity contribution in [2.24, 2.45) is 0 Å². The Bertz CT molecular complexity index is 509. The maximum absolute atomic E-state index is 4.72. The first-order valence-electron chi connectivity index (χ1n) is 6.48. The van der Waals surface area contributed by atoms with E-state index in [-0.39, 0.29) is 0 Å². The van der Waals surface area contributed by atoms with Gasteiger partial charge in [-0.1, -0.05) is 13.0 Å². The SMILES string of the molecule is CCc1nc(N(C)Cc2ccccn2)sc1CNC. The number of hydrogen-bond donors (Lipinski definition) is 1. The van der Waals surface area contributed by atoms with Crippen molar-refractivity contribution in [3.8, 4) is 0 Å². The second kappa shape index (κ2) is 6.63. The number of anilines is 1. The highest BCUT2D eigenvalue weighted by Gasteiger charge is 2.12. The highest BCUT2D eigenvalue weighted by molar-refractivity contribution is 7.15. The van der Waals surface area contributed by atoms with Crippen LogP contribution in [0.3, 0.4) is 0 Å². The van der Waals surface area contributed by atoms with Gasteiger partial charge < -0.3 is 10.2 Å². The fraction of sp³-hybridized carbons (Fsp3) is 0.429. The number of nitrogens with one attached hydrogen (secondary N) is 1. The predicted molar refractivity (Wildman–Crippen MR) is 80.6 cm³/mol. The molecule has 0 radical (unpaired) electrons. The first kappa shape index (κ1) is 14.0. The summed E-state index contributed by atoms with van der Waals surface area (Å²) in [6, 6.07) is 5.99. The average Bonchev–Trinajstić information content (AvgIpc) is 2.83. The van der Waals surface area contributed by atoms with Gasteiger partial charge in [0.15, 0.2) is 5.13 Å². The van der Waals surface area contributed by atoms with Gasteiger partial charge in [-0.3, -0.25) is 4.98 Å². The molecule has 0 spiro atoms. The maximum Gasteiger partial charge on any atom is 0.185 e. The Hall–Kier alpha value is -1.46. The molecular weight excluding hydrogens is 256 g/mol. The molecule has 0 aromatic carbocycles. The summed E-state index contributed by atoms with van der Waals surface area (Å²) < 4.78 is 0. The van der Waals surface area contributed by atoms with Crippen molar-refractivity contribution >= 4 is 16.5 Å². The van der Waals surface area contributed by atoms with Gasteiger partial charge in [-0.2, -0.15) is 0 Å². The van der Waals surface area contributed by atoms with Gasteiger partial charge in [0.1, 0.15) is 0 Å². The van der Waals surface area contributed by atoms with E-state index in [4.69, 9.17) is 4.98 Å². The minimum absolute atomic E-state index is 0.788. The fourth-order valence-electron chi connectivity index (χ4n) is 1.91. The lowest BCUT2D eigenvalue weighted by atomic mass is 10.3. The molecule has 1 N–H and O–H groups in total. The van der Waals surface area contributed by atoms with Crippen molar-refractivity contribution in [1.29, 1.82) is 0 Å². The summed E-state index contributed by atoms with van der Waals surface area (Å²) >= 11 is 1.76. The molecule has 5 heteroatoms. The lowest BCUT2D eigenvalue weighted by Gasteiger charge is -2.14.